The van der Waals surface area contributed by atoms with Gasteiger partial charge in [0, 0.05) is 25.7 Å². The third-order valence-electron chi connectivity index (χ3n) is 6.41. The van der Waals surface area contributed by atoms with Crippen LogP contribution in [0.15, 0.2) is 6.20 Å². The molecule has 0 radical (unpaired) electrons. The number of carbonyl (C=O) groups excluding carboxylic acids is 3. The van der Waals surface area contributed by atoms with Crippen LogP contribution in [0.1, 0.15) is 56.4 Å². The van der Waals surface area contributed by atoms with Crippen molar-refractivity contribution >= 4 is 17.7 Å². The minimum absolute atomic E-state index is 0.0292. The Labute approximate surface area is 170 Å². The molecular formula is C20H30N6O3. The van der Waals surface area contributed by atoms with Crippen LogP contribution < -0.4 is 0 Å². The number of H-pyrrole nitrogens is 1. The van der Waals surface area contributed by atoms with E-state index in [1.807, 2.05) is 9.80 Å². The summed E-state index contributed by atoms with van der Waals surface area (Å²) in [6.45, 7) is 6.37. The number of hydrogen-bond acceptors (Lipinski definition) is 5. The number of carbonyl (C=O) groups is 3. The predicted molar refractivity (Wildman–Crippen MR) is 105 cm³/mol. The van der Waals surface area contributed by atoms with Gasteiger partial charge in [0.05, 0.1) is 18.2 Å². The Kier molecular flexibility index (Phi) is 5.56. The van der Waals surface area contributed by atoms with Crippen molar-refractivity contribution < 1.29 is 14.4 Å². The number of rotatable bonds is 4. The molecule has 1 N–H and O–H groups in total. The van der Waals surface area contributed by atoms with E-state index in [0.717, 1.165) is 32.4 Å². The fourth-order valence-corrected chi connectivity index (χ4v) is 5.14. The molecule has 1 aromatic heterocycles. The summed E-state index contributed by atoms with van der Waals surface area (Å²) in [6.07, 6.45) is 6.10. The molecule has 4 rings (SSSR count). The molecule has 0 aliphatic carbocycles. The zero-order valence-corrected chi connectivity index (χ0v) is 17.2. The SMILES string of the molecule is CC(C)C[C@H]1[C@@H](C(=O)N2CCCCC2)C[C@H]2CN(C(=O)c3cn[nH]n3)CC(=O)N21. The van der Waals surface area contributed by atoms with Crippen molar-refractivity contribution in [2.75, 3.05) is 26.2 Å². The second-order valence-corrected chi connectivity index (χ2v) is 8.92. The minimum atomic E-state index is -0.294. The summed E-state index contributed by atoms with van der Waals surface area (Å²) in [7, 11) is 0. The van der Waals surface area contributed by atoms with Crippen molar-refractivity contribution in [2.45, 2.75) is 58.0 Å². The van der Waals surface area contributed by atoms with Crippen LogP contribution in [0, 0.1) is 11.8 Å². The van der Waals surface area contributed by atoms with Gasteiger partial charge in [0.2, 0.25) is 11.8 Å². The molecule has 9 nitrogen and oxygen atoms in total. The second kappa shape index (κ2) is 8.12. The van der Waals surface area contributed by atoms with E-state index in [1.54, 1.807) is 4.90 Å². The molecule has 0 unspecified atom stereocenters. The van der Waals surface area contributed by atoms with Crippen molar-refractivity contribution in [3.63, 3.8) is 0 Å². The standard InChI is InChI=1S/C20H30N6O3/c1-13(2)8-17-15(19(28)24-6-4-3-5-7-24)9-14-11-25(12-18(27)26(14)17)20(29)16-10-21-23-22-16/h10,13-15,17H,3-9,11-12H2,1-2H3,(H,21,22,23)/t14-,15-,17-/m0/s1. The van der Waals surface area contributed by atoms with Gasteiger partial charge in [0.1, 0.15) is 6.54 Å². The molecule has 3 saturated heterocycles. The van der Waals surface area contributed by atoms with E-state index in [-0.39, 0.29) is 48.0 Å². The predicted octanol–water partition coefficient (Wildman–Crippen LogP) is 0.905. The molecule has 3 atom stereocenters. The summed E-state index contributed by atoms with van der Waals surface area (Å²) in [6, 6.07) is -0.194. The summed E-state index contributed by atoms with van der Waals surface area (Å²) in [5, 5.41) is 9.97. The number of piperazine rings is 1. The van der Waals surface area contributed by atoms with Crippen LogP contribution in [0.3, 0.4) is 0 Å². The maximum atomic E-state index is 13.3. The van der Waals surface area contributed by atoms with Gasteiger partial charge in [-0.05, 0) is 38.0 Å². The molecule has 1 aromatic rings. The average Bonchev–Trinajstić information content (AvgIpc) is 3.36. The Bertz CT molecular complexity index is 758. The summed E-state index contributed by atoms with van der Waals surface area (Å²) < 4.78 is 0. The molecule has 4 heterocycles. The van der Waals surface area contributed by atoms with Gasteiger partial charge in [0.15, 0.2) is 5.69 Å². The Morgan fingerprint density at radius 3 is 2.62 bits per heavy atom. The Hall–Kier alpha value is -2.45. The Morgan fingerprint density at radius 1 is 1.21 bits per heavy atom. The largest absolute Gasteiger partial charge is 0.342 e. The summed E-state index contributed by atoms with van der Waals surface area (Å²) >= 11 is 0. The molecule has 0 spiro atoms. The Balaban J connectivity index is 1.54. The van der Waals surface area contributed by atoms with Gasteiger partial charge in [-0.2, -0.15) is 15.4 Å². The quantitative estimate of drug-likeness (QED) is 0.806. The molecule has 0 bridgehead atoms. The van der Waals surface area contributed by atoms with Gasteiger partial charge in [0.25, 0.3) is 5.91 Å². The third kappa shape index (κ3) is 3.86. The molecule has 3 fully saturated rings. The van der Waals surface area contributed by atoms with Crippen molar-refractivity contribution in [3.8, 4) is 0 Å². The molecule has 3 amide bonds. The van der Waals surface area contributed by atoms with E-state index >= 15 is 0 Å². The lowest BCUT2D eigenvalue weighted by atomic mass is 9.90. The first-order valence-electron chi connectivity index (χ1n) is 10.7. The highest BCUT2D eigenvalue weighted by atomic mass is 16.2. The fraction of sp³-hybridized carbons (Fsp3) is 0.750. The molecule has 3 aliphatic rings. The summed E-state index contributed by atoms with van der Waals surface area (Å²) in [4.78, 5) is 44.5. The van der Waals surface area contributed by atoms with Crippen LogP contribution in [0.4, 0.5) is 0 Å². The lowest BCUT2D eigenvalue weighted by Gasteiger charge is -2.40. The van der Waals surface area contributed by atoms with Gasteiger partial charge in [-0.15, -0.1) is 0 Å². The van der Waals surface area contributed by atoms with E-state index in [9.17, 15) is 14.4 Å². The van der Waals surface area contributed by atoms with E-state index in [1.165, 1.54) is 12.6 Å². The zero-order chi connectivity index (χ0) is 20.5. The van der Waals surface area contributed by atoms with E-state index in [4.69, 9.17) is 0 Å². The fourth-order valence-electron chi connectivity index (χ4n) is 5.14. The zero-order valence-electron chi connectivity index (χ0n) is 17.2. The van der Waals surface area contributed by atoms with Gasteiger partial charge in [-0.25, -0.2) is 0 Å². The lowest BCUT2D eigenvalue weighted by Crippen LogP contribution is -2.58. The van der Waals surface area contributed by atoms with E-state index < -0.39 is 0 Å². The first-order chi connectivity index (χ1) is 14.0. The molecule has 9 heteroatoms. The second-order valence-electron chi connectivity index (χ2n) is 8.92. The first kappa shape index (κ1) is 19.8. The highest BCUT2D eigenvalue weighted by molar-refractivity contribution is 5.96. The Morgan fingerprint density at radius 2 is 1.97 bits per heavy atom. The number of amides is 3. The van der Waals surface area contributed by atoms with Crippen LogP contribution in [0.5, 0.6) is 0 Å². The highest BCUT2D eigenvalue weighted by Gasteiger charge is 2.51. The van der Waals surface area contributed by atoms with Crippen LogP contribution >= 0.6 is 0 Å². The third-order valence-corrected chi connectivity index (χ3v) is 6.41. The normalized spacial score (nSPS) is 27.5. The van der Waals surface area contributed by atoms with E-state index in [0.29, 0.717) is 18.9 Å². The molecule has 0 saturated carbocycles. The van der Waals surface area contributed by atoms with Gasteiger partial charge in [-0.1, -0.05) is 13.8 Å². The number of aromatic nitrogens is 3. The number of hydrogen-bond donors (Lipinski definition) is 1. The first-order valence-corrected chi connectivity index (χ1v) is 10.7. The number of fused-ring (bicyclic) bond motifs is 1. The van der Waals surface area contributed by atoms with Crippen LogP contribution in [-0.2, 0) is 9.59 Å². The number of piperidine rings is 1. The topological polar surface area (TPSA) is 103 Å². The van der Waals surface area contributed by atoms with Crippen molar-refractivity contribution in [2.24, 2.45) is 11.8 Å². The monoisotopic (exact) mass is 402 g/mol. The average molecular weight is 402 g/mol. The van der Waals surface area contributed by atoms with Gasteiger partial charge < -0.3 is 14.7 Å². The number of aromatic amines is 1. The van der Waals surface area contributed by atoms with E-state index in [2.05, 4.69) is 29.3 Å². The molecular weight excluding hydrogens is 372 g/mol. The number of nitrogens with zero attached hydrogens (tertiary/aromatic N) is 5. The van der Waals surface area contributed by atoms with Crippen LogP contribution in [0.25, 0.3) is 0 Å². The van der Waals surface area contributed by atoms with Crippen LogP contribution in [0.2, 0.25) is 0 Å². The summed E-state index contributed by atoms with van der Waals surface area (Å²) in [5.41, 5.74) is 0.212. The van der Waals surface area contributed by atoms with Crippen molar-refractivity contribution in [1.29, 1.82) is 0 Å². The molecule has 0 aromatic carbocycles. The maximum absolute atomic E-state index is 13.3. The summed E-state index contributed by atoms with van der Waals surface area (Å²) in [5.74, 6) is 0.0344. The van der Waals surface area contributed by atoms with Crippen LogP contribution in [-0.4, -0.2) is 86.1 Å². The molecule has 3 aliphatic heterocycles. The molecule has 29 heavy (non-hydrogen) atoms. The van der Waals surface area contributed by atoms with Gasteiger partial charge in [-0.3, -0.25) is 14.4 Å². The van der Waals surface area contributed by atoms with Gasteiger partial charge >= 0.3 is 0 Å². The minimum Gasteiger partial charge on any atom is -0.342 e. The maximum Gasteiger partial charge on any atom is 0.276 e. The number of likely N-dealkylation sites (tertiary alicyclic amines) is 1. The smallest absolute Gasteiger partial charge is 0.276 e. The number of nitrogens with one attached hydrogen (secondary N) is 1. The lowest BCUT2D eigenvalue weighted by molar-refractivity contribution is -0.141. The molecule has 158 valence electrons. The van der Waals surface area contributed by atoms with Crippen molar-refractivity contribution in [1.82, 2.24) is 30.1 Å². The van der Waals surface area contributed by atoms with Crippen molar-refractivity contribution in [3.05, 3.63) is 11.9 Å². The highest BCUT2D eigenvalue weighted by Crippen LogP contribution is 2.38.